The average molecular weight is 251 g/mol. The van der Waals surface area contributed by atoms with Gasteiger partial charge < -0.3 is 5.32 Å². The van der Waals surface area contributed by atoms with Crippen LogP contribution in [0.5, 0.6) is 0 Å². The molecule has 0 aromatic heterocycles. The third-order valence-corrected chi connectivity index (χ3v) is 2.55. The van der Waals surface area contributed by atoms with Gasteiger partial charge >= 0.3 is 0 Å². The summed E-state index contributed by atoms with van der Waals surface area (Å²) in [5, 5.41) is 2.60. The fourth-order valence-corrected chi connectivity index (χ4v) is 1.48. The first-order valence-corrected chi connectivity index (χ1v) is 5.64. The van der Waals surface area contributed by atoms with E-state index in [0.717, 1.165) is 6.07 Å². The van der Waals surface area contributed by atoms with E-state index in [2.05, 4.69) is 11.2 Å². The van der Waals surface area contributed by atoms with Crippen molar-refractivity contribution in [1.82, 2.24) is 5.32 Å². The van der Waals surface area contributed by atoms with Crippen molar-refractivity contribution in [2.45, 2.75) is 26.3 Å². The first kappa shape index (κ1) is 14.2. The molecule has 0 aliphatic rings. The second-order valence-corrected chi connectivity index (χ2v) is 4.35. The number of terminal acetylenes is 1. The number of hydrogen-bond donors (Lipinski definition) is 1. The molecule has 0 fully saturated rings. The Morgan fingerprint density at radius 1 is 1.44 bits per heavy atom. The van der Waals surface area contributed by atoms with Crippen molar-refractivity contribution >= 4 is 5.91 Å². The molecule has 0 radical (unpaired) electrons. The molecule has 1 N–H and O–H groups in total. The highest BCUT2D eigenvalue weighted by Crippen LogP contribution is 2.12. The Labute approximate surface area is 105 Å². The van der Waals surface area contributed by atoms with Crippen LogP contribution in [0.15, 0.2) is 18.2 Å². The Morgan fingerprint density at radius 2 is 2.11 bits per heavy atom. The number of rotatable bonds is 4. The van der Waals surface area contributed by atoms with Crippen LogP contribution in [0.25, 0.3) is 0 Å². The zero-order valence-corrected chi connectivity index (χ0v) is 10.3. The van der Waals surface area contributed by atoms with Gasteiger partial charge in [0.15, 0.2) is 11.6 Å². The van der Waals surface area contributed by atoms with Gasteiger partial charge in [0.1, 0.15) is 0 Å². The first-order chi connectivity index (χ1) is 8.45. The lowest BCUT2D eigenvalue weighted by Crippen LogP contribution is -2.38. The minimum Gasteiger partial charge on any atom is -0.342 e. The van der Waals surface area contributed by atoms with E-state index in [-0.39, 0.29) is 17.9 Å². The van der Waals surface area contributed by atoms with Crippen molar-refractivity contribution < 1.29 is 13.6 Å². The smallest absolute Gasteiger partial charge is 0.225 e. The van der Waals surface area contributed by atoms with Gasteiger partial charge in [-0.05, 0) is 12.0 Å². The molecule has 0 aliphatic heterocycles. The number of hydrogen-bond acceptors (Lipinski definition) is 1. The van der Waals surface area contributed by atoms with Crippen LogP contribution in [0.3, 0.4) is 0 Å². The largest absolute Gasteiger partial charge is 0.342 e. The average Bonchev–Trinajstić information content (AvgIpc) is 2.31. The number of nitrogens with one attached hydrogen (secondary N) is 1. The Hall–Kier alpha value is -1.89. The molecular weight excluding hydrogens is 236 g/mol. The Balaban J connectivity index is 2.71. The van der Waals surface area contributed by atoms with Crippen molar-refractivity contribution in [2.75, 3.05) is 0 Å². The zero-order valence-electron chi connectivity index (χ0n) is 10.3. The monoisotopic (exact) mass is 251 g/mol. The van der Waals surface area contributed by atoms with E-state index in [9.17, 15) is 13.6 Å². The van der Waals surface area contributed by atoms with Crippen molar-refractivity contribution in [3.05, 3.63) is 35.4 Å². The maximum absolute atomic E-state index is 13.3. The molecule has 1 aromatic rings. The van der Waals surface area contributed by atoms with Gasteiger partial charge in [-0.2, -0.15) is 0 Å². The van der Waals surface area contributed by atoms with Gasteiger partial charge in [0.2, 0.25) is 5.91 Å². The van der Waals surface area contributed by atoms with Crippen LogP contribution in [0.4, 0.5) is 8.78 Å². The summed E-state index contributed by atoms with van der Waals surface area (Å²) in [6, 6.07) is 3.34. The van der Waals surface area contributed by atoms with Crippen LogP contribution in [0.1, 0.15) is 19.4 Å². The fraction of sp³-hybridized carbons (Fsp3) is 0.357. The lowest BCUT2D eigenvalue weighted by atomic mass is 10.0. The zero-order chi connectivity index (χ0) is 13.7. The second kappa shape index (κ2) is 6.15. The van der Waals surface area contributed by atoms with Gasteiger partial charge in [0.05, 0.1) is 12.5 Å². The highest BCUT2D eigenvalue weighted by molar-refractivity contribution is 5.79. The summed E-state index contributed by atoms with van der Waals surface area (Å²) in [6.45, 7) is 3.74. The maximum Gasteiger partial charge on any atom is 0.225 e. The first-order valence-electron chi connectivity index (χ1n) is 5.64. The summed E-state index contributed by atoms with van der Waals surface area (Å²) in [7, 11) is 0. The molecule has 0 aliphatic carbocycles. The number of halogens is 2. The van der Waals surface area contributed by atoms with Gasteiger partial charge in [0.25, 0.3) is 0 Å². The molecular formula is C14H15F2NO. The van der Waals surface area contributed by atoms with E-state index < -0.39 is 23.6 Å². The van der Waals surface area contributed by atoms with E-state index in [1.807, 2.05) is 13.8 Å². The van der Waals surface area contributed by atoms with Crippen LogP contribution in [0.2, 0.25) is 0 Å². The van der Waals surface area contributed by atoms with E-state index in [1.165, 1.54) is 12.1 Å². The summed E-state index contributed by atoms with van der Waals surface area (Å²) in [5.74, 6) is 0.152. The third-order valence-electron chi connectivity index (χ3n) is 2.55. The molecule has 2 nitrogen and oxygen atoms in total. The number of carbonyl (C=O) groups excluding carboxylic acids is 1. The molecule has 0 saturated carbocycles. The number of benzene rings is 1. The summed E-state index contributed by atoms with van der Waals surface area (Å²) in [5.41, 5.74) is 0.0204. The second-order valence-electron chi connectivity index (χ2n) is 4.35. The SMILES string of the molecule is C#CC(NC(=O)Cc1cccc(F)c1F)C(C)C. The van der Waals surface area contributed by atoms with Gasteiger partial charge in [-0.15, -0.1) is 6.42 Å². The van der Waals surface area contributed by atoms with Gasteiger partial charge in [-0.3, -0.25) is 4.79 Å². The van der Waals surface area contributed by atoms with Crippen LogP contribution in [-0.4, -0.2) is 11.9 Å². The van der Waals surface area contributed by atoms with Crippen molar-refractivity contribution in [1.29, 1.82) is 0 Å². The summed E-state index contributed by atoms with van der Waals surface area (Å²) >= 11 is 0. The van der Waals surface area contributed by atoms with E-state index >= 15 is 0 Å². The number of amides is 1. The fourth-order valence-electron chi connectivity index (χ4n) is 1.48. The van der Waals surface area contributed by atoms with E-state index in [1.54, 1.807) is 0 Å². The Kier molecular flexibility index (Phi) is 4.85. The summed E-state index contributed by atoms with van der Waals surface area (Å²) in [6.07, 6.45) is 5.04. The summed E-state index contributed by atoms with van der Waals surface area (Å²) in [4.78, 5) is 11.7. The van der Waals surface area contributed by atoms with Crippen LogP contribution in [0, 0.1) is 29.9 Å². The van der Waals surface area contributed by atoms with Gasteiger partial charge in [0, 0.05) is 5.56 Å². The third kappa shape index (κ3) is 3.56. The lowest BCUT2D eigenvalue weighted by Gasteiger charge is -2.16. The standard InChI is InChI=1S/C14H15F2NO/c1-4-12(9(2)3)17-13(18)8-10-6-5-7-11(15)14(10)16/h1,5-7,9,12H,8H2,2-3H3,(H,17,18). The maximum atomic E-state index is 13.3. The van der Waals surface area contributed by atoms with Crippen molar-refractivity contribution in [3.63, 3.8) is 0 Å². The predicted molar refractivity (Wildman–Crippen MR) is 65.7 cm³/mol. The quantitative estimate of drug-likeness (QED) is 0.817. The molecule has 18 heavy (non-hydrogen) atoms. The predicted octanol–water partition coefficient (Wildman–Crippen LogP) is 2.28. The minimum atomic E-state index is -0.991. The topological polar surface area (TPSA) is 29.1 Å². The molecule has 0 spiro atoms. The highest BCUT2D eigenvalue weighted by atomic mass is 19.2. The van der Waals surface area contributed by atoms with Crippen LogP contribution in [-0.2, 0) is 11.2 Å². The van der Waals surface area contributed by atoms with Gasteiger partial charge in [-0.1, -0.05) is 31.9 Å². The van der Waals surface area contributed by atoms with E-state index in [4.69, 9.17) is 6.42 Å². The van der Waals surface area contributed by atoms with Gasteiger partial charge in [-0.25, -0.2) is 8.78 Å². The minimum absolute atomic E-state index is 0.0204. The summed E-state index contributed by atoms with van der Waals surface area (Å²) < 4.78 is 26.3. The number of carbonyl (C=O) groups is 1. The molecule has 4 heteroatoms. The molecule has 1 rings (SSSR count). The molecule has 0 heterocycles. The van der Waals surface area contributed by atoms with Crippen LogP contribution >= 0.6 is 0 Å². The molecule has 1 amide bonds. The van der Waals surface area contributed by atoms with E-state index in [0.29, 0.717) is 0 Å². The van der Waals surface area contributed by atoms with Crippen molar-refractivity contribution in [2.24, 2.45) is 5.92 Å². The normalized spacial score (nSPS) is 12.0. The highest BCUT2D eigenvalue weighted by Gasteiger charge is 2.16. The molecule has 96 valence electrons. The molecule has 1 unspecified atom stereocenters. The Bertz CT molecular complexity index is 477. The lowest BCUT2D eigenvalue weighted by molar-refractivity contribution is -0.121. The van der Waals surface area contributed by atoms with Crippen molar-refractivity contribution in [3.8, 4) is 12.3 Å². The molecule has 0 saturated heterocycles. The Morgan fingerprint density at radius 3 is 2.67 bits per heavy atom. The molecule has 1 atom stereocenters. The van der Waals surface area contributed by atoms with Crippen LogP contribution < -0.4 is 5.32 Å². The molecule has 1 aromatic carbocycles. The molecule has 0 bridgehead atoms.